The van der Waals surface area contributed by atoms with Crippen LogP contribution in [0, 0.1) is 0 Å². The largest absolute Gasteiger partial charge is 1.00 e. The third-order valence-corrected chi connectivity index (χ3v) is 3.18. The number of carbonyl (C=O) groups is 2. The minimum absolute atomic E-state index is 0. The van der Waals surface area contributed by atoms with E-state index in [2.05, 4.69) is 0 Å². The first-order valence-electron chi connectivity index (χ1n) is 3.52. The Balaban J connectivity index is 0.000000845. The Bertz CT molecular complexity index is 315. The molecule has 1 fully saturated rings. The Morgan fingerprint density at radius 2 is 2.31 bits per heavy atom. The van der Waals surface area contributed by atoms with Crippen molar-refractivity contribution in [1.82, 2.24) is 4.90 Å². The standard InChI is InChI=1S/C7H7NO3S.Na/c1-3-6(7(10)11)8-4(9)2-5(8)12-3;/h5H,2H2,1H3,(H,10,11);/q;+1/p-1/t5-;/m0./s1. The van der Waals surface area contributed by atoms with Crippen LogP contribution in [0.1, 0.15) is 13.3 Å². The van der Waals surface area contributed by atoms with Crippen LogP contribution < -0.4 is 34.7 Å². The second-order valence-corrected chi connectivity index (χ2v) is 4.12. The van der Waals surface area contributed by atoms with E-state index in [1.807, 2.05) is 0 Å². The summed E-state index contributed by atoms with van der Waals surface area (Å²) in [6, 6.07) is 0. The number of nitrogens with zero attached hydrogens (tertiary/aromatic N) is 1. The van der Waals surface area contributed by atoms with E-state index in [0.717, 1.165) is 0 Å². The number of carboxylic acids is 1. The normalized spacial score (nSPS) is 25.2. The predicted molar refractivity (Wildman–Crippen MR) is 40.5 cm³/mol. The third kappa shape index (κ3) is 1.54. The molecule has 1 amide bonds. The molecule has 0 radical (unpaired) electrons. The number of thioether (sulfide) groups is 1. The molecule has 0 N–H and O–H groups in total. The zero-order valence-electron chi connectivity index (χ0n) is 7.36. The summed E-state index contributed by atoms with van der Waals surface area (Å²) >= 11 is 1.42. The van der Waals surface area contributed by atoms with E-state index >= 15 is 0 Å². The van der Waals surface area contributed by atoms with Gasteiger partial charge in [-0.2, -0.15) is 0 Å². The summed E-state index contributed by atoms with van der Waals surface area (Å²) in [5.74, 6) is -1.38. The van der Waals surface area contributed by atoms with Crippen molar-refractivity contribution in [3.63, 3.8) is 0 Å². The Morgan fingerprint density at radius 1 is 1.69 bits per heavy atom. The van der Waals surface area contributed by atoms with Gasteiger partial charge in [-0.05, 0) is 6.92 Å². The number of carboxylic acid groups (broad SMARTS) is 1. The van der Waals surface area contributed by atoms with Gasteiger partial charge in [0.1, 0.15) is 0 Å². The number of hydrogen-bond donors (Lipinski definition) is 0. The minimum atomic E-state index is -1.25. The van der Waals surface area contributed by atoms with E-state index in [1.54, 1.807) is 6.92 Å². The van der Waals surface area contributed by atoms with Gasteiger partial charge in [-0.25, -0.2) is 0 Å². The van der Waals surface area contributed by atoms with Crippen LogP contribution in [-0.4, -0.2) is 22.2 Å². The van der Waals surface area contributed by atoms with Crippen LogP contribution in [0.25, 0.3) is 0 Å². The molecule has 2 heterocycles. The van der Waals surface area contributed by atoms with Crippen LogP contribution >= 0.6 is 11.8 Å². The fourth-order valence-electron chi connectivity index (χ4n) is 1.42. The number of carbonyl (C=O) groups excluding carboxylic acids is 2. The minimum Gasteiger partial charge on any atom is -0.543 e. The van der Waals surface area contributed by atoms with Gasteiger partial charge in [0.2, 0.25) is 5.91 Å². The van der Waals surface area contributed by atoms with Crippen molar-refractivity contribution >= 4 is 23.6 Å². The Kier molecular flexibility index (Phi) is 3.12. The summed E-state index contributed by atoms with van der Waals surface area (Å²) in [5, 5.41) is 10.6. The van der Waals surface area contributed by atoms with Crippen molar-refractivity contribution in [2.45, 2.75) is 18.7 Å². The van der Waals surface area contributed by atoms with Gasteiger partial charge in [-0.15, -0.1) is 11.8 Å². The molecule has 1 atom stereocenters. The molecule has 0 spiro atoms. The number of fused-ring (bicyclic) bond motifs is 1. The summed E-state index contributed by atoms with van der Waals surface area (Å²) in [5.41, 5.74) is 0.0567. The molecule has 0 aliphatic carbocycles. The second-order valence-electron chi connectivity index (χ2n) is 2.73. The Hall–Kier alpha value is 0.0300. The number of rotatable bonds is 1. The molecule has 0 aromatic rings. The van der Waals surface area contributed by atoms with Crippen LogP contribution in [0.5, 0.6) is 0 Å². The predicted octanol–water partition coefficient (Wildman–Crippen LogP) is -3.72. The quantitative estimate of drug-likeness (QED) is 0.328. The first-order chi connectivity index (χ1) is 5.61. The summed E-state index contributed by atoms with van der Waals surface area (Å²) in [7, 11) is 0. The van der Waals surface area contributed by atoms with Crippen LogP contribution in [0.3, 0.4) is 0 Å². The number of β-lactam (4-membered cyclic amide) rings is 1. The molecular formula is C7H6NNaO3S. The molecule has 0 unspecified atom stereocenters. The van der Waals surface area contributed by atoms with Crippen molar-refractivity contribution < 1.29 is 44.3 Å². The summed E-state index contributed by atoms with van der Waals surface area (Å²) in [6.07, 6.45) is 0.443. The van der Waals surface area contributed by atoms with Crippen molar-refractivity contribution in [1.29, 1.82) is 0 Å². The van der Waals surface area contributed by atoms with E-state index in [9.17, 15) is 14.7 Å². The molecule has 4 nitrogen and oxygen atoms in total. The molecule has 0 aromatic heterocycles. The molecule has 0 saturated carbocycles. The number of aliphatic carboxylic acids is 1. The maximum Gasteiger partial charge on any atom is 1.00 e. The van der Waals surface area contributed by atoms with Gasteiger partial charge < -0.3 is 9.90 Å². The Labute approximate surface area is 102 Å². The number of allylic oxidation sites excluding steroid dienone is 1. The topological polar surface area (TPSA) is 60.4 Å². The fraction of sp³-hybridized carbons (Fsp3) is 0.429. The number of amides is 1. The van der Waals surface area contributed by atoms with E-state index in [1.165, 1.54) is 16.7 Å². The second kappa shape index (κ2) is 3.65. The van der Waals surface area contributed by atoms with Gasteiger partial charge in [0.15, 0.2) is 0 Å². The van der Waals surface area contributed by atoms with E-state index < -0.39 is 5.97 Å². The van der Waals surface area contributed by atoms with Gasteiger partial charge in [-0.3, -0.25) is 9.69 Å². The molecule has 2 rings (SSSR count). The van der Waals surface area contributed by atoms with Gasteiger partial charge >= 0.3 is 29.6 Å². The molecule has 6 heteroatoms. The van der Waals surface area contributed by atoms with Crippen molar-refractivity contribution in [3.05, 3.63) is 10.6 Å². The van der Waals surface area contributed by atoms with Crippen molar-refractivity contribution in [2.24, 2.45) is 0 Å². The molecule has 2 aliphatic heterocycles. The van der Waals surface area contributed by atoms with Crippen LogP contribution in [0.4, 0.5) is 0 Å². The van der Waals surface area contributed by atoms with Crippen LogP contribution in [0.2, 0.25) is 0 Å². The third-order valence-electron chi connectivity index (χ3n) is 1.99. The van der Waals surface area contributed by atoms with E-state index in [-0.39, 0.29) is 46.5 Å². The average molecular weight is 207 g/mol. The molecule has 1 saturated heterocycles. The average Bonchev–Trinajstić information content (AvgIpc) is 2.22. The van der Waals surface area contributed by atoms with Gasteiger partial charge in [0.25, 0.3) is 0 Å². The molecule has 0 aromatic carbocycles. The van der Waals surface area contributed by atoms with Crippen LogP contribution in [0.15, 0.2) is 10.6 Å². The maximum absolute atomic E-state index is 11.0. The van der Waals surface area contributed by atoms with Gasteiger partial charge in [-0.1, -0.05) is 0 Å². The fourth-order valence-corrected chi connectivity index (χ4v) is 2.68. The number of hydrogen-bond acceptors (Lipinski definition) is 4. The SMILES string of the molecule is CC1=C(C(=O)[O-])N2C(=O)C[C@@H]2S1.[Na+]. The van der Waals surface area contributed by atoms with Crippen molar-refractivity contribution in [2.75, 3.05) is 0 Å². The summed E-state index contributed by atoms with van der Waals surface area (Å²) in [6.45, 7) is 1.70. The van der Waals surface area contributed by atoms with Gasteiger partial charge in [0, 0.05) is 4.91 Å². The van der Waals surface area contributed by atoms with E-state index in [0.29, 0.717) is 11.3 Å². The molecule has 64 valence electrons. The molecular weight excluding hydrogens is 201 g/mol. The Morgan fingerprint density at radius 3 is 2.69 bits per heavy atom. The first kappa shape index (κ1) is 11.1. The molecule has 0 bridgehead atoms. The smallest absolute Gasteiger partial charge is 0.543 e. The maximum atomic E-state index is 11.0. The van der Waals surface area contributed by atoms with E-state index in [4.69, 9.17) is 0 Å². The first-order valence-corrected chi connectivity index (χ1v) is 4.40. The van der Waals surface area contributed by atoms with Crippen molar-refractivity contribution in [3.8, 4) is 0 Å². The summed E-state index contributed by atoms with van der Waals surface area (Å²) in [4.78, 5) is 23.5. The molecule has 2 aliphatic rings. The summed E-state index contributed by atoms with van der Waals surface area (Å²) < 4.78 is 0. The molecule has 13 heavy (non-hydrogen) atoms. The van der Waals surface area contributed by atoms with Gasteiger partial charge in [0.05, 0.1) is 23.5 Å². The zero-order valence-corrected chi connectivity index (χ0v) is 10.2. The van der Waals surface area contributed by atoms with Crippen LogP contribution in [-0.2, 0) is 9.59 Å². The zero-order chi connectivity index (χ0) is 8.88. The monoisotopic (exact) mass is 207 g/mol.